The van der Waals surface area contributed by atoms with Crippen molar-refractivity contribution in [1.29, 1.82) is 5.26 Å². The molecular weight excluding hydrogens is 258 g/mol. The van der Waals surface area contributed by atoms with Crippen molar-refractivity contribution in [3.05, 3.63) is 52.1 Å². The van der Waals surface area contributed by atoms with Gasteiger partial charge in [0, 0.05) is 16.4 Å². The fourth-order valence-electron chi connectivity index (χ4n) is 1.13. The van der Waals surface area contributed by atoms with E-state index in [0.717, 1.165) is 0 Å². The van der Waals surface area contributed by atoms with Crippen LogP contribution in [-0.4, -0.2) is 11.8 Å². The van der Waals surface area contributed by atoms with Gasteiger partial charge in [-0.1, -0.05) is 6.08 Å². The van der Waals surface area contributed by atoms with Crippen LogP contribution in [0.2, 0.25) is 0 Å². The van der Waals surface area contributed by atoms with Gasteiger partial charge in [0.25, 0.3) is 0 Å². The van der Waals surface area contributed by atoms with Crippen molar-refractivity contribution in [2.45, 2.75) is 20.8 Å². The lowest BCUT2D eigenvalue weighted by atomic mass is 10.1. The third-order valence-corrected chi connectivity index (χ3v) is 2.07. The maximum atomic E-state index is 11.2. The van der Waals surface area contributed by atoms with E-state index in [1.165, 1.54) is 31.2 Å². The van der Waals surface area contributed by atoms with E-state index >= 15 is 0 Å². The molecule has 0 aromatic rings. The van der Waals surface area contributed by atoms with Crippen LogP contribution in [0.4, 0.5) is 0 Å². The summed E-state index contributed by atoms with van der Waals surface area (Å²) in [6.45, 7) is 4.76. The number of amides is 2. The average molecular weight is 273 g/mol. The van der Waals surface area contributed by atoms with Gasteiger partial charge >= 0.3 is 5.91 Å². The van der Waals surface area contributed by atoms with Crippen molar-refractivity contribution >= 4 is 11.8 Å². The molecule has 0 radical (unpaired) electrons. The molecule has 2 amide bonds. The Morgan fingerprint density at radius 1 is 1.25 bits per heavy atom. The molecule has 0 aliphatic heterocycles. The van der Waals surface area contributed by atoms with Crippen LogP contribution in [-0.2, 0) is 9.59 Å². The van der Waals surface area contributed by atoms with Gasteiger partial charge < -0.3 is 5.32 Å². The maximum Gasteiger partial charge on any atom is 0.312 e. The molecule has 0 fully saturated rings. The lowest BCUT2D eigenvalue weighted by Crippen LogP contribution is -2.18. The first-order valence-electron chi connectivity index (χ1n) is 5.73. The zero-order valence-corrected chi connectivity index (χ0v) is 11.5. The van der Waals surface area contributed by atoms with E-state index in [2.05, 4.69) is 10.5 Å². The number of nitrogens with one attached hydrogen (secondary N) is 1. The molecule has 0 bridgehead atoms. The van der Waals surface area contributed by atoms with E-state index in [0.29, 0.717) is 5.70 Å². The first kappa shape index (κ1) is 17.2. The molecule has 0 aromatic heterocycles. The number of nitroso groups, excluding NO2 is 1. The first-order valence-corrected chi connectivity index (χ1v) is 5.73. The quantitative estimate of drug-likeness (QED) is 0.359. The number of carbonyl (C=O) groups is 2. The lowest BCUT2D eigenvalue weighted by molar-refractivity contribution is -0.116. The van der Waals surface area contributed by atoms with Crippen LogP contribution in [0.3, 0.4) is 0 Å². The minimum Gasteiger partial charge on any atom is -0.327 e. The second-order valence-corrected chi connectivity index (χ2v) is 3.80. The standard InChI is InChI=1S/C14H15N3O3/c1-4-5-13(18)16-11(3)6-7-12(9-15)8-10(2)14(19)17-20/h4-8H,1-3H3,(H,16,18)/b5-4+,10-8+,11-6+,12-7+. The second-order valence-electron chi connectivity index (χ2n) is 3.80. The maximum absolute atomic E-state index is 11.2. The van der Waals surface area contributed by atoms with Crippen molar-refractivity contribution in [2.24, 2.45) is 5.18 Å². The monoisotopic (exact) mass is 273 g/mol. The molecule has 0 aromatic carbocycles. The molecule has 0 aliphatic carbocycles. The third kappa shape index (κ3) is 6.81. The number of nitrogens with zero attached hydrogens (tertiary/aromatic N) is 2. The van der Waals surface area contributed by atoms with E-state index in [4.69, 9.17) is 5.26 Å². The zero-order chi connectivity index (χ0) is 15.5. The minimum atomic E-state index is -0.923. The Kier molecular flexibility index (Phi) is 7.88. The highest BCUT2D eigenvalue weighted by atomic mass is 16.3. The first-order chi connectivity index (χ1) is 9.44. The summed E-state index contributed by atoms with van der Waals surface area (Å²) in [7, 11) is 0. The van der Waals surface area contributed by atoms with Crippen LogP contribution >= 0.6 is 0 Å². The molecule has 1 N–H and O–H groups in total. The number of hydrogen-bond acceptors (Lipinski definition) is 4. The third-order valence-electron chi connectivity index (χ3n) is 2.07. The van der Waals surface area contributed by atoms with E-state index in [9.17, 15) is 14.5 Å². The predicted molar refractivity (Wildman–Crippen MR) is 75.0 cm³/mol. The summed E-state index contributed by atoms with van der Waals surface area (Å²) < 4.78 is 0. The average Bonchev–Trinajstić information content (AvgIpc) is 2.42. The normalized spacial score (nSPS) is 13.0. The second kappa shape index (κ2) is 9.16. The summed E-state index contributed by atoms with van der Waals surface area (Å²) in [4.78, 5) is 32.3. The van der Waals surface area contributed by atoms with Crippen LogP contribution in [0.1, 0.15) is 20.8 Å². The van der Waals surface area contributed by atoms with Crippen LogP contribution in [0.25, 0.3) is 0 Å². The topological polar surface area (TPSA) is 99.4 Å². The lowest BCUT2D eigenvalue weighted by Gasteiger charge is -1.99. The molecule has 0 atom stereocenters. The van der Waals surface area contributed by atoms with Crippen LogP contribution in [0, 0.1) is 16.2 Å². The number of rotatable bonds is 5. The summed E-state index contributed by atoms with van der Waals surface area (Å²) in [5.74, 6) is -1.20. The van der Waals surface area contributed by atoms with Gasteiger partial charge in [-0.15, -0.1) is 4.91 Å². The highest BCUT2D eigenvalue weighted by Crippen LogP contribution is 2.04. The van der Waals surface area contributed by atoms with Gasteiger partial charge in [0.2, 0.25) is 5.91 Å². The molecule has 20 heavy (non-hydrogen) atoms. The highest BCUT2D eigenvalue weighted by Gasteiger charge is 2.04. The Labute approximate surface area is 117 Å². The van der Waals surface area contributed by atoms with Crippen molar-refractivity contribution in [2.75, 3.05) is 0 Å². The van der Waals surface area contributed by atoms with Gasteiger partial charge in [-0.25, -0.2) is 0 Å². The Balaban J connectivity index is 5.01. The van der Waals surface area contributed by atoms with Crippen molar-refractivity contribution < 1.29 is 9.59 Å². The molecule has 0 saturated heterocycles. The predicted octanol–water partition coefficient (Wildman–Crippen LogP) is 2.27. The van der Waals surface area contributed by atoms with Crippen molar-refractivity contribution in [3.8, 4) is 6.07 Å². The highest BCUT2D eigenvalue weighted by molar-refractivity contribution is 5.94. The Morgan fingerprint density at radius 2 is 1.90 bits per heavy atom. The Bertz CT molecular complexity index is 561. The summed E-state index contributed by atoms with van der Waals surface area (Å²) in [5.41, 5.74) is 0.766. The largest absolute Gasteiger partial charge is 0.327 e. The summed E-state index contributed by atoms with van der Waals surface area (Å²) >= 11 is 0. The SMILES string of the molecule is C/C=C/C(=O)N/C(C)=C/C=C(C#N)\C=C(/C)C(=O)N=O. The molecule has 0 heterocycles. The summed E-state index contributed by atoms with van der Waals surface area (Å²) in [5, 5.41) is 13.7. The van der Waals surface area contributed by atoms with Gasteiger partial charge in [0.1, 0.15) is 0 Å². The molecule has 0 rings (SSSR count). The minimum absolute atomic E-state index is 0.0665. The van der Waals surface area contributed by atoms with Crippen LogP contribution in [0.15, 0.2) is 52.4 Å². The van der Waals surface area contributed by atoms with Gasteiger partial charge in [0.15, 0.2) is 0 Å². The Morgan fingerprint density at radius 3 is 2.40 bits per heavy atom. The molecule has 6 nitrogen and oxygen atoms in total. The fraction of sp³-hybridized carbons (Fsp3) is 0.214. The summed E-state index contributed by atoms with van der Waals surface area (Å²) in [6.07, 6.45) is 7.16. The van der Waals surface area contributed by atoms with Gasteiger partial charge in [0.05, 0.1) is 11.6 Å². The number of carbonyl (C=O) groups excluding carboxylic acids is 2. The summed E-state index contributed by atoms with van der Waals surface area (Å²) in [6, 6.07) is 1.86. The molecule has 0 unspecified atom stereocenters. The zero-order valence-electron chi connectivity index (χ0n) is 11.5. The van der Waals surface area contributed by atoms with E-state index in [1.807, 2.05) is 6.07 Å². The van der Waals surface area contributed by atoms with E-state index in [1.54, 1.807) is 19.9 Å². The molecule has 0 spiro atoms. The number of allylic oxidation sites excluding steroid dienone is 6. The molecular formula is C14H15N3O3. The molecule has 0 saturated carbocycles. The van der Waals surface area contributed by atoms with Gasteiger partial charge in [-0.05, 0) is 45.1 Å². The number of hydrogen-bond donors (Lipinski definition) is 1. The van der Waals surface area contributed by atoms with Crippen molar-refractivity contribution in [3.63, 3.8) is 0 Å². The number of nitriles is 1. The van der Waals surface area contributed by atoms with E-state index < -0.39 is 5.91 Å². The molecule has 104 valence electrons. The van der Waals surface area contributed by atoms with Gasteiger partial charge in [-0.3, -0.25) is 9.59 Å². The van der Waals surface area contributed by atoms with Gasteiger partial charge in [-0.2, -0.15) is 5.26 Å². The van der Waals surface area contributed by atoms with Crippen LogP contribution < -0.4 is 5.32 Å². The Hall–Kier alpha value is -2.81. The fourth-order valence-corrected chi connectivity index (χ4v) is 1.13. The van der Waals surface area contributed by atoms with Crippen molar-refractivity contribution in [1.82, 2.24) is 5.32 Å². The van der Waals surface area contributed by atoms with E-state index in [-0.39, 0.29) is 17.1 Å². The smallest absolute Gasteiger partial charge is 0.312 e. The van der Waals surface area contributed by atoms with Crippen LogP contribution in [0.5, 0.6) is 0 Å². The molecule has 0 aliphatic rings. The molecule has 6 heteroatoms.